The zero-order chi connectivity index (χ0) is 24.9. The molecule has 1 aromatic carbocycles. The molecule has 0 amide bonds. The van der Waals surface area contributed by atoms with Crippen molar-refractivity contribution in [3.8, 4) is 11.3 Å². The van der Waals surface area contributed by atoms with Crippen LogP contribution in [0.5, 0.6) is 0 Å². The predicted molar refractivity (Wildman–Crippen MR) is 118 cm³/mol. The average Bonchev–Trinajstić information content (AvgIpc) is 3.23. The van der Waals surface area contributed by atoms with Gasteiger partial charge in [-0.15, -0.1) is 10.2 Å². The molecule has 0 spiro atoms. The van der Waals surface area contributed by atoms with Crippen LogP contribution < -0.4 is 0 Å². The molecule has 188 valence electrons. The number of hydrogen-bond donors (Lipinski definition) is 2. The van der Waals surface area contributed by atoms with E-state index in [1.54, 1.807) is 0 Å². The zero-order valence-corrected chi connectivity index (χ0v) is 19.7. The van der Waals surface area contributed by atoms with E-state index in [-0.39, 0.29) is 22.4 Å². The molecule has 35 heavy (non-hydrogen) atoms. The number of rotatable bonds is 7. The molecule has 3 aromatic rings. The minimum absolute atomic E-state index is 0.00640. The second kappa shape index (κ2) is 9.01. The Hall–Kier alpha value is -2.80. The molecule has 2 aromatic heterocycles. The predicted octanol–water partition coefficient (Wildman–Crippen LogP) is 1.55. The van der Waals surface area contributed by atoms with Gasteiger partial charge >= 0.3 is 0 Å². The van der Waals surface area contributed by atoms with E-state index in [9.17, 15) is 19.0 Å². The van der Waals surface area contributed by atoms with Crippen LogP contribution >= 0.6 is 0 Å². The lowest BCUT2D eigenvalue weighted by Gasteiger charge is -2.43. The smallest absolute Gasteiger partial charge is 0.168 e. The second-order valence-corrected chi connectivity index (χ2v) is 9.57. The third-order valence-corrected chi connectivity index (χ3v) is 7.08. The molecule has 1 aliphatic carbocycles. The number of aromatic nitrogens is 6. The monoisotopic (exact) mass is 490 g/mol. The second-order valence-electron chi connectivity index (χ2n) is 9.57. The summed E-state index contributed by atoms with van der Waals surface area (Å²) in [7, 11) is 1.48. The first-order valence-electron chi connectivity index (χ1n) is 11.5. The van der Waals surface area contributed by atoms with Crippen LogP contribution in [0.25, 0.3) is 11.3 Å². The molecule has 5 rings (SSSR count). The first kappa shape index (κ1) is 23.9. The minimum Gasteiger partial charge on any atom is -0.394 e. The summed E-state index contributed by atoms with van der Waals surface area (Å²) >= 11 is 0. The van der Waals surface area contributed by atoms with Crippen molar-refractivity contribution in [2.75, 3.05) is 13.7 Å². The van der Waals surface area contributed by atoms with Crippen molar-refractivity contribution in [1.82, 2.24) is 30.0 Å². The molecule has 2 N–H and O–H groups in total. The normalized spacial score (nSPS) is 27.8. The number of aliphatic hydroxyl groups excluding tert-OH is 2. The van der Waals surface area contributed by atoms with Crippen molar-refractivity contribution in [3.63, 3.8) is 0 Å². The van der Waals surface area contributed by atoms with E-state index in [1.165, 1.54) is 37.0 Å². The maximum Gasteiger partial charge on any atom is 0.168 e. The highest BCUT2D eigenvalue weighted by Gasteiger charge is 2.47. The number of aryl methyl sites for hydroxylation is 1. The zero-order valence-electron chi connectivity index (χ0n) is 19.7. The van der Waals surface area contributed by atoms with Gasteiger partial charge in [0.05, 0.1) is 30.1 Å². The van der Waals surface area contributed by atoms with Gasteiger partial charge in [0.1, 0.15) is 30.0 Å². The van der Waals surface area contributed by atoms with Crippen molar-refractivity contribution >= 4 is 0 Å². The maximum atomic E-state index is 14.5. The third-order valence-electron chi connectivity index (χ3n) is 7.08. The van der Waals surface area contributed by atoms with E-state index in [0.717, 1.165) is 12.8 Å². The van der Waals surface area contributed by atoms with Gasteiger partial charge in [0.2, 0.25) is 0 Å². The Balaban J connectivity index is 1.44. The summed E-state index contributed by atoms with van der Waals surface area (Å²) in [6.07, 6.45) is 2.29. The van der Waals surface area contributed by atoms with Crippen LogP contribution in [-0.2, 0) is 21.4 Å². The van der Waals surface area contributed by atoms with Gasteiger partial charge in [-0.25, -0.2) is 18.1 Å². The summed E-state index contributed by atoms with van der Waals surface area (Å²) < 4.78 is 43.5. The fourth-order valence-electron chi connectivity index (χ4n) is 4.59. The van der Waals surface area contributed by atoms with E-state index >= 15 is 0 Å². The molecule has 3 heterocycles. The van der Waals surface area contributed by atoms with Gasteiger partial charge in [0.15, 0.2) is 11.6 Å². The highest BCUT2D eigenvalue weighted by atomic mass is 19.2. The standard InChI is InChI=1S/C23H28F2N6O4/c1-12-4-5-14(19(25)18(12)24)15-10-30(28-27-15)20-21(33)17(11-32)35-16(22(20)34-3)8-13-9-31(29-26-13)23(2)6-7-23/h4-5,9-10,16-17,20-22,32-33H,6-8,11H2,1-3H3/t16-,17-,20+,21+,22+/m1/s1. The van der Waals surface area contributed by atoms with Gasteiger partial charge in [-0.3, -0.25) is 0 Å². The number of aliphatic hydroxyl groups is 2. The van der Waals surface area contributed by atoms with E-state index in [2.05, 4.69) is 27.5 Å². The summed E-state index contributed by atoms with van der Waals surface area (Å²) in [6.45, 7) is 3.15. The van der Waals surface area contributed by atoms with E-state index in [0.29, 0.717) is 12.1 Å². The molecule has 0 radical (unpaired) electrons. The molecule has 12 heteroatoms. The van der Waals surface area contributed by atoms with Crippen molar-refractivity contribution in [3.05, 3.63) is 47.4 Å². The molecule has 5 atom stereocenters. The number of benzene rings is 1. The molecule has 0 bridgehead atoms. The molecule has 1 saturated heterocycles. The van der Waals surface area contributed by atoms with Crippen LogP contribution in [0.4, 0.5) is 8.78 Å². The van der Waals surface area contributed by atoms with Crippen molar-refractivity contribution in [2.24, 2.45) is 0 Å². The van der Waals surface area contributed by atoms with Crippen LogP contribution in [0.15, 0.2) is 24.5 Å². The Labute approximate surface area is 200 Å². The number of methoxy groups -OCH3 is 1. The molecule has 0 unspecified atom stereocenters. The molecular weight excluding hydrogens is 462 g/mol. The van der Waals surface area contributed by atoms with Crippen LogP contribution in [0.1, 0.15) is 37.1 Å². The Morgan fingerprint density at radius 1 is 1.14 bits per heavy atom. The SMILES string of the molecule is CO[C@@H]1[C@@H](n2cc(-c3ccc(C)c(F)c3F)nn2)[C@@H](O)[C@@H](CO)O[C@@H]1Cc1cn(C2(C)CC2)nn1. The summed E-state index contributed by atoms with van der Waals surface area (Å²) in [5.74, 6) is -1.97. The Kier molecular flexibility index (Phi) is 6.16. The summed E-state index contributed by atoms with van der Waals surface area (Å²) in [6, 6.07) is 2.08. The van der Waals surface area contributed by atoms with Gasteiger partial charge in [-0.1, -0.05) is 16.5 Å². The summed E-state index contributed by atoms with van der Waals surface area (Å²) in [5.41, 5.74) is 0.920. The van der Waals surface area contributed by atoms with Crippen molar-refractivity contribution in [2.45, 2.75) is 69.1 Å². The quantitative estimate of drug-likeness (QED) is 0.512. The Morgan fingerprint density at radius 3 is 2.60 bits per heavy atom. The minimum atomic E-state index is -1.20. The highest BCUT2D eigenvalue weighted by molar-refractivity contribution is 5.59. The van der Waals surface area contributed by atoms with Crippen LogP contribution in [-0.4, -0.2) is 78.3 Å². The van der Waals surface area contributed by atoms with E-state index < -0.39 is 48.7 Å². The number of nitrogens with zero attached hydrogens (tertiary/aromatic N) is 6. The lowest BCUT2D eigenvalue weighted by Crippen LogP contribution is -2.57. The largest absolute Gasteiger partial charge is 0.394 e. The van der Waals surface area contributed by atoms with Gasteiger partial charge in [-0.2, -0.15) is 0 Å². The Morgan fingerprint density at radius 2 is 1.91 bits per heavy atom. The molecule has 2 fully saturated rings. The number of ether oxygens (including phenoxy) is 2. The third kappa shape index (κ3) is 4.24. The van der Waals surface area contributed by atoms with Gasteiger partial charge in [0, 0.05) is 25.3 Å². The van der Waals surface area contributed by atoms with E-state index in [4.69, 9.17) is 9.47 Å². The van der Waals surface area contributed by atoms with Crippen molar-refractivity contribution < 1.29 is 28.5 Å². The molecule has 2 aliphatic rings. The number of hydrogen-bond acceptors (Lipinski definition) is 8. The lowest BCUT2D eigenvalue weighted by atomic mass is 9.90. The first-order chi connectivity index (χ1) is 16.8. The van der Waals surface area contributed by atoms with Crippen LogP contribution in [0, 0.1) is 18.6 Å². The molecule has 1 aliphatic heterocycles. The summed E-state index contributed by atoms with van der Waals surface area (Å²) in [4.78, 5) is 0. The van der Waals surface area contributed by atoms with Crippen molar-refractivity contribution in [1.29, 1.82) is 0 Å². The van der Waals surface area contributed by atoms with Gasteiger partial charge in [-0.05, 0) is 38.3 Å². The maximum absolute atomic E-state index is 14.5. The fourth-order valence-corrected chi connectivity index (χ4v) is 4.59. The van der Waals surface area contributed by atoms with Crippen LogP contribution in [0.3, 0.4) is 0 Å². The van der Waals surface area contributed by atoms with Gasteiger partial charge in [0.25, 0.3) is 0 Å². The summed E-state index contributed by atoms with van der Waals surface area (Å²) in [5, 5.41) is 37.4. The highest BCUT2D eigenvalue weighted by Crippen LogP contribution is 2.42. The average molecular weight is 491 g/mol. The molecule has 10 nitrogen and oxygen atoms in total. The topological polar surface area (TPSA) is 120 Å². The molecular formula is C23H28F2N6O4. The lowest BCUT2D eigenvalue weighted by molar-refractivity contribution is -0.212. The fraction of sp³-hybridized carbons (Fsp3) is 0.565. The Bertz CT molecular complexity index is 1210. The molecule has 1 saturated carbocycles. The first-order valence-corrected chi connectivity index (χ1v) is 11.5. The van der Waals surface area contributed by atoms with Gasteiger partial charge < -0.3 is 19.7 Å². The number of halogens is 2. The van der Waals surface area contributed by atoms with E-state index in [1.807, 2.05) is 10.9 Å². The van der Waals surface area contributed by atoms with Crippen LogP contribution in [0.2, 0.25) is 0 Å².